The van der Waals surface area contributed by atoms with E-state index >= 15 is 0 Å². The molecule has 3 aliphatic rings. The Kier molecular flexibility index (Phi) is 4.98. The molecule has 0 bridgehead atoms. The van der Waals surface area contributed by atoms with Crippen LogP contribution in [0.4, 0.5) is 0 Å². The topological polar surface area (TPSA) is 43.9 Å². The van der Waals surface area contributed by atoms with E-state index in [1.807, 2.05) is 11.9 Å². The summed E-state index contributed by atoms with van der Waals surface area (Å²) in [4.78, 5) is 30.7. The quantitative estimate of drug-likeness (QED) is 0.826. The van der Waals surface area contributed by atoms with Gasteiger partial charge in [-0.3, -0.25) is 14.5 Å². The number of hydrogen-bond acceptors (Lipinski definition) is 3. The molecule has 2 heterocycles. The predicted molar refractivity (Wildman–Crippen MR) is 101 cm³/mol. The Morgan fingerprint density at radius 2 is 1.88 bits per heavy atom. The third-order valence-corrected chi connectivity index (χ3v) is 6.41. The third-order valence-electron chi connectivity index (χ3n) is 6.41. The summed E-state index contributed by atoms with van der Waals surface area (Å²) in [6.45, 7) is 3.06. The number of benzene rings is 1. The SMILES string of the molecule is CN(C(=O)CN1CCCC1=O)[C@@H]1CCCN(C2Cc3ccccc3C2)C1. The molecule has 2 saturated heterocycles. The highest BCUT2D eigenvalue weighted by atomic mass is 16.2. The Labute approximate surface area is 155 Å². The second-order valence-corrected chi connectivity index (χ2v) is 8.05. The first-order valence-corrected chi connectivity index (χ1v) is 9.96. The van der Waals surface area contributed by atoms with Gasteiger partial charge in [0.2, 0.25) is 11.8 Å². The lowest BCUT2D eigenvalue weighted by atomic mass is 10.0. The molecule has 1 aliphatic carbocycles. The molecular weight excluding hydrogens is 326 g/mol. The molecule has 2 amide bonds. The Morgan fingerprint density at radius 1 is 1.15 bits per heavy atom. The van der Waals surface area contributed by atoms with E-state index in [0.29, 0.717) is 12.5 Å². The highest BCUT2D eigenvalue weighted by Crippen LogP contribution is 2.28. The van der Waals surface area contributed by atoms with E-state index in [1.165, 1.54) is 11.1 Å². The number of hydrogen-bond donors (Lipinski definition) is 0. The summed E-state index contributed by atoms with van der Waals surface area (Å²) < 4.78 is 0. The molecule has 1 aromatic rings. The van der Waals surface area contributed by atoms with Gasteiger partial charge in [0, 0.05) is 38.6 Å². The zero-order valence-electron chi connectivity index (χ0n) is 15.7. The molecule has 1 aromatic carbocycles. The summed E-state index contributed by atoms with van der Waals surface area (Å²) in [5.41, 5.74) is 2.97. The maximum atomic E-state index is 12.7. The highest BCUT2D eigenvalue weighted by molar-refractivity contribution is 5.85. The lowest BCUT2D eigenvalue weighted by Gasteiger charge is -2.40. The van der Waals surface area contributed by atoms with Crippen LogP contribution in [-0.2, 0) is 22.4 Å². The Bertz CT molecular complexity index is 665. The van der Waals surface area contributed by atoms with Crippen LogP contribution in [0.3, 0.4) is 0 Å². The van der Waals surface area contributed by atoms with Crippen molar-refractivity contribution in [1.29, 1.82) is 0 Å². The Morgan fingerprint density at radius 3 is 2.54 bits per heavy atom. The van der Waals surface area contributed by atoms with Gasteiger partial charge in [0.05, 0.1) is 6.54 Å². The number of likely N-dealkylation sites (N-methyl/N-ethyl adjacent to an activating group) is 1. The van der Waals surface area contributed by atoms with Crippen LogP contribution in [0.25, 0.3) is 0 Å². The summed E-state index contributed by atoms with van der Waals surface area (Å²) in [5.74, 6) is 0.211. The molecule has 0 N–H and O–H groups in total. The average Bonchev–Trinajstić information content (AvgIpc) is 3.27. The molecule has 4 rings (SSSR count). The fourth-order valence-electron chi connectivity index (χ4n) is 4.77. The molecule has 0 spiro atoms. The first-order valence-electron chi connectivity index (χ1n) is 9.96. The fourth-order valence-corrected chi connectivity index (χ4v) is 4.77. The van der Waals surface area contributed by atoms with Crippen LogP contribution < -0.4 is 0 Å². The minimum atomic E-state index is 0.0850. The summed E-state index contributed by atoms with van der Waals surface area (Å²) in [7, 11) is 1.92. The van der Waals surface area contributed by atoms with Crippen molar-refractivity contribution in [2.45, 2.75) is 50.6 Å². The van der Waals surface area contributed by atoms with Gasteiger partial charge in [-0.25, -0.2) is 0 Å². The molecule has 2 aliphatic heterocycles. The lowest BCUT2D eigenvalue weighted by molar-refractivity contribution is -0.139. The number of carbonyl (C=O) groups is 2. The number of amides is 2. The maximum Gasteiger partial charge on any atom is 0.242 e. The minimum absolute atomic E-state index is 0.0850. The molecule has 0 saturated carbocycles. The predicted octanol–water partition coefficient (Wildman–Crippen LogP) is 1.70. The van der Waals surface area contributed by atoms with Gasteiger partial charge in [0.15, 0.2) is 0 Å². The Hall–Kier alpha value is -1.88. The van der Waals surface area contributed by atoms with Gasteiger partial charge in [0.1, 0.15) is 0 Å². The number of nitrogens with zero attached hydrogens (tertiary/aromatic N) is 3. The highest BCUT2D eigenvalue weighted by Gasteiger charge is 2.33. The lowest BCUT2D eigenvalue weighted by Crippen LogP contribution is -2.53. The first-order chi connectivity index (χ1) is 12.6. The van der Waals surface area contributed by atoms with Gasteiger partial charge in [-0.1, -0.05) is 24.3 Å². The summed E-state index contributed by atoms with van der Waals surface area (Å²) in [6.07, 6.45) is 5.93. The number of rotatable bonds is 4. The number of likely N-dealkylation sites (tertiary alicyclic amines) is 2. The van der Waals surface area contributed by atoms with Crippen molar-refractivity contribution in [3.63, 3.8) is 0 Å². The molecular formula is C21H29N3O2. The van der Waals surface area contributed by atoms with Crippen molar-refractivity contribution in [3.8, 4) is 0 Å². The molecule has 0 radical (unpaired) electrons. The van der Waals surface area contributed by atoms with Gasteiger partial charge in [-0.15, -0.1) is 0 Å². The van der Waals surface area contributed by atoms with Crippen LogP contribution in [0.2, 0.25) is 0 Å². The summed E-state index contributed by atoms with van der Waals surface area (Å²) >= 11 is 0. The normalized spacial score (nSPS) is 24.1. The minimum Gasteiger partial charge on any atom is -0.340 e. The molecule has 26 heavy (non-hydrogen) atoms. The fraction of sp³-hybridized carbons (Fsp3) is 0.619. The smallest absolute Gasteiger partial charge is 0.242 e. The van der Waals surface area contributed by atoms with E-state index in [-0.39, 0.29) is 24.4 Å². The Balaban J connectivity index is 1.34. The van der Waals surface area contributed by atoms with E-state index in [9.17, 15) is 9.59 Å². The average molecular weight is 355 g/mol. The molecule has 0 aromatic heterocycles. The van der Waals surface area contributed by atoms with Gasteiger partial charge in [-0.05, 0) is 49.8 Å². The standard InChI is InChI=1S/C21H29N3O2/c1-22(21(26)15-24-11-5-9-20(24)25)18-8-4-10-23(14-18)19-12-16-6-2-3-7-17(16)13-19/h2-3,6-7,18-19H,4-5,8-15H2,1H3/t18-/m1/s1. The van der Waals surface area contributed by atoms with Crippen LogP contribution in [0.5, 0.6) is 0 Å². The largest absolute Gasteiger partial charge is 0.340 e. The number of piperidine rings is 1. The van der Waals surface area contributed by atoms with Crippen molar-refractivity contribution in [2.75, 3.05) is 33.2 Å². The van der Waals surface area contributed by atoms with Crippen LogP contribution >= 0.6 is 0 Å². The van der Waals surface area contributed by atoms with Crippen LogP contribution in [-0.4, -0.2) is 71.8 Å². The maximum absolute atomic E-state index is 12.7. The van der Waals surface area contributed by atoms with Crippen molar-refractivity contribution in [3.05, 3.63) is 35.4 Å². The van der Waals surface area contributed by atoms with Gasteiger partial charge < -0.3 is 9.80 Å². The molecule has 2 fully saturated rings. The molecule has 5 nitrogen and oxygen atoms in total. The van der Waals surface area contributed by atoms with Crippen LogP contribution in [0, 0.1) is 0 Å². The monoisotopic (exact) mass is 355 g/mol. The van der Waals surface area contributed by atoms with Gasteiger partial charge in [-0.2, -0.15) is 0 Å². The van der Waals surface area contributed by atoms with Crippen molar-refractivity contribution >= 4 is 11.8 Å². The van der Waals surface area contributed by atoms with Gasteiger partial charge in [0.25, 0.3) is 0 Å². The van der Waals surface area contributed by atoms with Crippen molar-refractivity contribution < 1.29 is 9.59 Å². The molecule has 5 heteroatoms. The van der Waals surface area contributed by atoms with E-state index in [0.717, 1.165) is 51.7 Å². The number of fused-ring (bicyclic) bond motifs is 1. The first kappa shape index (κ1) is 17.5. The second-order valence-electron chi connectivity index (χ2n) is 8.05. The molecule has 0 unspecified atom stereocenters. The number of carbonyl (C=O) groups excluding carboxylic acids is 2. The van der Waals surface area contributed by atoms with Crippen molar-refractivity contribution in [1.82, 2.24) is 14.7 Å². The van der Waals surface area contributed by atoms with E-state index in [2.05, 4.69) is 29.2 Å². The summed E-state index contributed by atoms with van der Waals surface area (Å²) in [5, 5.41) is 0. The summed E-state index contributed by atoms with van der Waals surface area (Å²) in [6, 6.07) is 9.59. The zero-order chi connectivity index (χ0) is 18.1. The van der Waals surface area contributed by atoms with E-state index in [1.54, 1.807) is 4.90 Å². The molecule has 140 valence electrons. The zero-order valence-corrected chi connectivity index (χ0v) is 15.7. The third kappa shape index (κ3) is 3.50. The van der Waals surface area contributed by atoms with E-state index < -0.39 is 0 Å². The van der Waals surface area contributed by atoms with Crippen LogP contribution in [0.1, 0.15) is 36.8 Å². The molecule has 1 atom stereocenters. The van der Waals surface area contributed by atoms with E-state index in [4.69, 9.17) is 0 Å². The van der Waals surface area contributed by atoms with Crippen molar-refractivity contribution in [2.24, 2.45) is 0 Å². The second kappa shape index (κ2) is 7.39. The van der Waals surface area contributed by atoms with Crippen LogP contribution in [0.15, 0.2) is 24.3 Å². The van der Waals surface area contributed by atoms with Gasteiger partial charge >= 0.3 is 0 Å².